The van der Waals surface area contributed by atoms with Crippen molar-refractivity contribution in [1.82, 2.24) is 14.9 Å². The number of hydrogen-bond donors (Lipinski definition) is 1. The molecule has 0 bridgehead atoms. The van der Waals surface area contributed by atoms with Gasteiger partial charge in [0, 0.05) is 31.3 Å². The Morgan fingerprint density at radius 1 is 1.32 bits per heavy atom. The number of nitro groups is 1. The fraction of sp³-hybridized carbons (Fsp3) is 0.238. The standard InChI is InChI=1S/C21H21FN4O4S/c1-25-10-9-23-21(25)20(15-4-6-16(22)7-5-15)24-19(27)13-31-12-14-3-8-18(30-2)17(11-14)26(28)29/h3-11,20H,12-13H2,1-2H3,(H,24,27). The Balaban J connectivity index is 1.65. The second-order valence-corrected chi connectivity index (χ2v) is 7.69. The number of aryl methyl sites for hydroxylation is 1. The van der Waals surface area contributed by atoms with E-state index in [0.717, 1.165) is 0 Å². The summed E-state index contributed by atoms with van der Waals surface area (Å²) in [7, 11) is 3.19. The van der Waals surface area contributed by atoms with E-state index >= 15 is 0 Å². The lowest BCUT2D eigenvalue weighted by atomic mass is 10.1. The van der Waals surface area contributed by atoms with Crippen LogP contribution in [-0.2, 0) is 17.6 Å². The van der Waals surface area contributed by atoms with Crippen molar-refractivity contribution >= 4 is 23.4 Å². The van der Waals surface area contributed by atoms with Crippen molar-refractivity contribution in [3.63, 3.8) is 0 Å². The Bertz CT molecular complexity index is 1070. The minimum absolute atomic E-state index is 0.115. The van der Waals surface area contributed by atoms with E-state index in [1.54, 1.807) is 41.2 Å². The normalized spacial score (nSPS) is 11.7. The molecule has 0 saturated heterocycles. The zero-order valence-electron chi connectivity index (χ0n) is 16.9. The second-order valence-electron chi connectivity index (χ2n) is 6.70. The van der Waals surface area contributed by atoms with E-state index in [4.69, 9.17) is 4.74 Å². The van der Waals surface area contributed by atoms with Gasteiger partial charge >= 0.3 is 5.69 Å². The van der Waals surface area contributed by atoms with Crippen LogP contribution in [0.3, 0.4) is 0 Å². The highest BCUT2D eigenvalue weighted by atomic mass is 32.2. The summed E-state index contributed by atoms with van der Waals surface area (Å²) in [5.74, 6) is 0.775. The highest BCUT2D eigenvalue weighted by molar-refractivity contribution is 7.99. The fourth-order valence-electron chi connectivity index (χ4n) is 3.04. The average molecular weight is 444 g/mol. The van der Waals surface area contributed by atoms with Crippen LogP contribution in [0.2, 0.25) is 0 Å². The minimum atomic E-state index is -0.532. The molecule has 1 unspecified atom stereocenters. The van der Waals surface area contributed by atoms with Gasteiger partial charge in [-0.25, -0.2) is 9.37 Å². The third-order valence-electron chi connectivity index (χ3n) is 4.57. The van der Waals surface area contributed by atoms with Gasteiger partial charge in [0.15, 0.2) is 5.75 Å². The molecule has 10 heteroatoms. The van der Waals surface area contributed by atoms with Crippen molar-refractivity contribution < 1.29 is 18.8 Å². The number of thioether (sulfide) groups is 1. The molecule has 0 fully saturated rings. The lowest BCUT2D eigenvalue weighted by molar-refractivity contribution is -0.385. The van der Waals surface area contributed by atoms with Crippen LogP contribution in [0.4, 0.5) is 10.1 Å². The number of hydrogen-bond acceptors (Lipinski definition) is 6. The lowest BCUT2D eigenvalue weighted by Gasteiger charge is -2.19. The molecule has 2 aromatic carbocycles. The summed E-state index contributed by atoms with van der Waals surface area (Å²) >= 11 is 1.33. The predicted octanol–water partition coefficient (Wildman–Crippen LogP) is 3.62. The molecule has 1 heterocycles. The van der Waals surface area contributed by atoms with Gasteiger partial charge in [-0.1, -0.05) is 18.2 Å². The Kier molecular flexibility index (Phi) is 7.24. The number of amides is 1. The van der Waals surface area contributed by atoms with Gasteiger partial charge in [-0.15, -0.1) is 11.8 Å². The van der Waals surface area contributed by atoms with Crippen LogP contribution in [0, 0.1) is 15.9 Å². The number of halogens is 1. The van der Waals surface area contributed by atoms with Gasteiger partial charge < -0.3 is 14.6 Å². The molecule has 1 amide bonds. The summed E-state index contributed by atoms with van der Waals surface area (Å²) in [6.45, 7) is 0. The molecular weight excluding hydrogens is 423 g/mol. The smallest absolute Gasteiger partial charge is 0.311 e. The number of rotatable bonds is 9. The van der Waals surface area contributed by atoms with Gasteiger partial charge in [0.2, 0.25) is 5.91 Å². The summed E-state index contributed by atoms with van der Waals surface area (Å²) in [5.41, 5.74) is 1.31. The molecule has 1 atom stereocenters. The summed E-state index contributed by atoms with van der Waals surface area (Å²) in [5, 5.41) is 14.1. The van der Waals surface area contributed by atoms with Crippen LogP contribution in [0.1, 0.15) is 23.0 Å². The summed E-state index contributed by atoms with van der Waals surface area (Å²) in [6.07, 6.45) is 3.40. The first-order chi connectivity index (χ1) is 14.9. The van der Waals surface area contributed by atoms with E-state index in [2.05, 4.69) is 10.3 Å². The van der Waals surface area contributed by atoms with Crippen molar-refractivity contribution in [2.24, 2.45) is 7.05 Å². The summed E-state index contributed by atoms with van der Waals surface area (Å²) in [6, 6.07) is 10.1. The number of nitrogens with zero attached hydrogens (tertiary/aromatic N) is 3. The molecule has 0 aliphatic rings. The Hall–Kier alpha value is -3.40. The van der Waals surface area contributed by atoms with E-state index < -0.39 is 11.0 Å². The predicted molar refractivity (Wildman–Crippen MR) is 115 cm³/mol. The molecule has 3 rings (SSSR count). The molecule has 3 aromatic rings. The first kappa shape index (κ1) is 22.3. The average Bonchev–Trinajstić information content (AvgIpc) is 3.18. The summed E-state index contributed by atoms with van der Waals surface area (Å²) < 4.78 is 20.1. The maximum Gasteiger partial charge on any atom is 0.311 e. The zero-order valence-corrected chi connectivity index (χ0v) is 17.8. The van der Waals surface area contributed by atoms with E-state index in [-0.39, 0.29) is 28.9 Å². The van der Waals surface area contributed by atoms with Crippen LogP contribution in [0.5, 0.6) is 5.75 Å². The molecule has 8 nitrogen and oxygen atoms in total. The van der Waals surface area contributed by atoms with Gasteiger partial charge in [-0.05, 0) is 29.3 Å². The quantitative estimate of drug-likeness (QED) is 0.400. The molecule has 0 radical (unpaired) electrons. The maximum absolute atomic E-state index is 13.3. The summed E-state index contributed by atoms with van der Waals surface area (Å²) in [4.78, 5) is 27.6. The molecule has 1 aromatic heterocycles. The molecule has 0 aliphatic heterocycles. The largest absolute Gasteiger partial charge is 0.490 e. The molecular formula is C21H21FN4O4S. The number of nitrogens with one attached hydrogen (secondary N) is 1. The molecule has 0 aliphatic carbocycles. The number of carbonyl (C=O) groups excluding carboxylic acids is 1. The van der Waals surface area contributed by atoms with E-state index in [1.807, 2.05) is 7.05 Å². The number of carbonyl (C=O) groups is 1. The minimum Gasteiger partial charge on any atom is -0.490 e. The monoisotopic (exact) mass is 444 g/mol. The zero-order chi connectivity index (χ0) is 22.4. The van der Waals surface area contributed by atoms with E-state index in [0.29, 0.717) is 22.7 Å². The van der Waals surface area contributed by atoms with Gasteiger partial charge in [0.05, 0.1) is 17.8 Å². The molecule has 0 saturated carbocycles. The number of aromatic nitrogens is 2. The van der Waals surface area contributed by atoms with Gasteiger partial charge in [0.25, 0.3) is 0 Å². The number of nitro benzene ring substituents is 1. The van der Waals surface area contributed by atoms with Gasteiger partial charge in [-0.3, -0.25) is 14.9 Å². The van der Waals surface area contributed by atoms with E-state index in [1.165, 1.54) is 37.1 Å². The lowest BCUT2D eigenvalue weighted by Crippen LogP contribution is -2.32. The maximum atomic E-state index is 13.3. The third kappa shape index (κ3) is 5.60. The van der Waals surface area contributed by atoms with Gasteiger partial charge in [0.1, 0.15) is 17.7 Å². The molecule has 0 spiro atoms. The van der Waals surface area contributed by atoms with Crippen molar-refractivity contribution in [1.29, 1.82) is 0 Å². The molecule has 31 heavy (non-hydrogen) atoms. The Morgan fingerprint density at radius 2 is 2.06 bits per heavy atom. The first-order valence-corrected chi connectivity index (χ1v) is 10.5. The van der Waals surface area contributed by atoms with Crippen molar-refractivity contribution in [3.8, 4) is 5.75 Å². The van der Waals surface area contributed by atoms with Gasteiger partial charge in [-0.2, -0.15) is 0 Å². The Morgan fingerprint density at radius 3 is 2.68 bits per heavy atom. The second kappa shape index (κ2) is 10.1. The number of benzene rings is 2. The van der Waals surface area contributed by atoms with Crippen molar-refractivity contribution in [3.05, 3.63) is 87.7 Å². The van der Waals surface area contributed by atoms with Crippen molar-refractivity contribution in [2.45, 2.75) is 11.8 Å². The van der Waals surface area contributed by atoms with Crippen LogP contribution < -0.4 is 10.1 Å². The van der Waals surface area contributed by atoms with Crippen LogP contribution in [-0.4, -0.2) is 33.2 Å². The highest BCUT2D eigenvalue weighted by Crippen LogP contribution is 2.29. The topological polar surface area (TPSA) is 99.3 Å². The highest BCUT2D eigenvalue weighted by Gasteiger charge is 2.21. The number of ether oxygens (including phenoxy) is 1. The SMILES string of the molecule is COc1ccc(CSCC(=O)NC(c2ccc(F)cc2)c2nccn2C)cc1[N+](=O)[O-]. The third-order valence-corrected chi connectivity index (χ3v) is 5.57. The van der Waals surface area contributed by atoms with Crippen LogP contribution in [0.15, 0.2) is 54.9 Å². The number of imidazole rings is 1. The fourth-order valence-corrected chi connectivity index (χ4v) is 3.83. The van der Waals surface area contributed by atoms with Crippen LogP contribution >= 0.6 is 11.8 Å². The van der Waals surface area contributed by atoms with Crippen molar-refractivity contribution in [2.75, 3.05) is 12.9 Å². The van der Waals surface area contributed by atoms with Crippen LogP contribution in [0.25, 0.3) is 0 Å². The Labute approximate surface area is 182 Å². The molecule has 1 N–H and O–H groups in total. The first-order valence-electron chi connectivity index (χ1n) is 9.30. The van der Waals surface area contributed by atoms with E-state index in [9.17, 15) is 19.3 Å². The molecule has 162 valence electrons. The number of methoxy groups -OCH3 is 1.